The van der Waals surface area contributed by atoms with Gasteiger partial charge in [0.15, 0.2) is 0 Å². The molecule has 0 saturated heterocycles. The van der Waals surface area contributed by atoms with Crippen LogP contribution in [-0.4, -0.2) is 53.2 Å². The number of nitrogens with one attached hydrogen (secondary N) is 1. The summed E-state index contributed by atoms with van der Waals surface area (Å²) in [5.74, 6) is 0.318. The molecule has 0 aromatic heterocycles. The highest BCUT2D eigenvalue weighted by Crippen LogP contribution is 2.19. The topological polar surface area (TPSA) is 99.0 Å². The molecule has 0 bridgehead atoms. The molecule has 0 aliphatic rings. The van der Waals surface area contributed by atoms with Gasteiger partial charge in [0.25, 0.3) is 0 Å². The van der Waals surface area contributed by atoms with Gasteiger partial charge >= 0.3 is 0 Å². The largest absolute Gasteiger partial charge is 0.493 e. The number of ether oxygens (including phenoxy) is 1. The second kappa shape index (κ2) is 7.97. The van der Waals surface area contributed by atoms with E-state index in [0.717, 1.165) is 16.9 Å². The summed E-state index contributed by atoms with van der Waals surface area (Å²) in [5.41, 5.74) is 0.660. The highest BCUT2D eigenvalue weighted by molar-refractivity contribution is 5.77. The van der Waals surface area contributed by atoms with Crippen LogP contribution in [0.1, 0.15) is 17.5 Å². The number of carbonyl (C=O) groups excluding carboxylic acids is 1. The Kier molecular flexibility index (Phi) is 6.61. The summed E-state index contributed by atoms with van der Waals surface area (Å²) in [4.78, 5) is 11.8. The van der Waals surface area contributed by atoms with E-state index in [9.17, 15) is 4.79 Å². The standard InChI is InChI=1S/C15H23NO5/c1-11-3-4-12(2)13(7-11)21-6-5-14(20)16-15(8-17,9-18)10-19/h3-4,7,17-19H,5-6,8-10H2,1-2H3,(H,16,20). The van der Waals surface area contributed by atoms with Crippen LogP contribution in [0.3, 0.4) is 0 Å². The molecule has 21 heavy (non-hydrogen) atoms. The molecular weight excluding hydrogens is 274 g/mol. The van der Waals surface area contributed by atoms with Crippen molar-refractivity contribution in [2.24, 2.45) is 0 Å². The van der Waals surface area contributed by atoms with Gasteiger partial charge in [0.05, 0.1) is 32.8 Å². The lowest BCUT2D eigenvalue weighted by Crippen LogP contribution is -2.57. The summed E-state index contributed by atoms with van der Waals surface area (Å²) < 4.78 is 5.56. The Morgan fingerprint density at radius 2 is 1.81 bits per heavy atom. The van der Waals surface area contributed by atoms with Crippen molar-refractivity contribution in [2.75, 3.05) is 26.4 Å². The molecule has 1 aromatic carbocycles. The van der Waals surface area contributed by atoms with Gasteiger partial charge in [-0.25, -0.2) is 0 Å². The third kappa shape index (κ3) is 5.00. The minimum absolute atomic E-state index is 0.0646. The Labute approximate surface area is 124 Å². The second-order valence-corrected chi connectivity index (χ2v) is 5.17. The minimum atomic E-state index is -1.39. The van der Waals surface area contributed by atoms with Crippen molar-refractivity contribution in [3.8, 4) is 5.75 Å². The molecule has 0 atom stereocenters. The van der Waals surface area contributed by atoms with Crippen molar-refractivity contribution < 1.29 is 24.9 Å². The molecule has 1 aromatic rings. The molecule has 6 heteroatoms. The van der Waals surface area contributed by atoms with E-state index in [4.69, 9.17) is 20.1 Å². The third-order valence-electron chi connectivity index (χ3n) is 3.24. The normalized spacial score (nSPS) is 11.3. The molecular formula is C15H23NO5. The maximum Gasteiger partial charge on any atom is 0.224 e. The molecule has 0 heterocycles. The maximum atomic E-state index is 11.8. The van der Waals surface area contributed by atoms with Gasteiger partial charge in [-0.2, -0.15) is 0 Å². The van der Waals surface area contributed by atoms with Crippen molar-refractivity contribution in [3.05, 3.63) is 29.3 Å². The first-order chi connectivity index (χ1) is 9.96. The molecule has 0 radical (unpaired) electrons. The number of rotatable bonds is 8. The van der Waals surface area contributed by atoms with Crippen LogP contribution in [0.15, 0.2) is 18.2 Å². The Balaban J connectivity index is 2.48. The number of hydrogen-bond acceptors (Lipinski definition) is 5. The van der Waals surface area contributed by atoms with Crippen molar-refractivity contribution in [3.63, 3.8) is 0 Å². The van der Waals surface area contributed by atoms with Crippen molar-refractivity contribution in [2.45, 2.75) is 25.8 Å². The van der Waals surface area contributed by atoms with Crippen LogP contribution in [0.4, 0.5) is 0 Å². The third-order valence-corrected chi connectivity index (χ3v) is 3.24. The number of amides is 1. The molecule has 1 amide bonds. The van der Waals surface area contributed by atoms with Crippen molar-refractivity contribution >= 4 is 5.91 Å². The zero-order chi connectivity index (χ0) is 15.9. The smallest absolute Gasteiger partial charge is 0.224 e. The molecule has 0 unspecified atom stereocenters. The number of benzene rings is 1. The molecule has 0 spiro atoms. The van der Waals surface area contributed by atoms with E-state index in [1.807, 2.05) is 32.0 Å². The monoisotopic (exact) mass is 297 g/mol. The molecule has 0 aliphatic heterocycles. The fraction of sp³-hybridized carbons (Fsp3) is 0.533. The lowest BCUT2D eigenvalue weighted by atomic mass is 10.0. The average molecular weight is 297 g/mol. The average Bonchev–Trinajstić information content (AvgIpc) is 2.48. The summed E-state index contributed by atoms with van der Waals surface area (Å²) in [5, 5.41) is 29.8. The van der Waals surface area contributed by atoms with Crippen LogP contribution in [-0.2, 0) is 4.79 Å². The zero-order valence-corrected chi connectivity index (χ0v) is 12.4. The first kappa shape index (κ1) is 17.4. The van der Waals surface area contributed by atoms with Gasteiger partial charge in [-0.15, -0.1) is 0 Å². The second-order valence-electron chi connectivity index (χ2n) is 5.17. The highest BCUT2D eigenvalue weighted by atomic mass is 16.5. The van der Waals surface area contributed by atoms with Crippen molar-refractivity contribution in [1.82, 2.24) is 5.32 Å². The Bertz CT molecular complexity index is 463. The Morgan fingerprint density at radius 1 is 1.19 bits per heavy atom. The van der Waals surface area contributed by atoms with Gasteiger partial charge in [0.1, 0.15) is 11.3 Å². The number of aliphatic hydroxyl groups excluding tert-OH is 3. The SMILES string of the molecule is Cc1ccc(C)c(OCCC(=O)NC(CO)(CO)CO)c1. The number of aliphatic hydroxyl groups is 3. The summed E-state index contributed by atoms with van der Waals surface area (Å²) in [6.07, 6.45) is 0.0646. The first-order valence-electron chi connectivity index (χ1n) is 6.80. The van der Waals surface area contributed by atoms with Gasteiger partial charge in [-0.3, -0.25) is 4.79 Å². The van der Waals surface area contributed by atoms with Crippen LogP contribution >= 0.6 is 0 Å². The van der Waals surface area contributed by atoms with E-state index in [1.165, 1.54) is 0 Å². The van der Waals surface area contributed by atoms with Gasteiger partial charge in [-0.05, 0) is 31.0 Å². The van der Waals surface area contributed by atoms with Crippen LogP contribution in [0.2, 0.25) is 0 Å². The molecule has 1 rings (SSSR count). The Hall–Kier alpha value is -1.63. The van der Waals surface area contributed by atoms with E-state index in [-0.39, 0.29) is 13.0 Å². The fourth-order valence-electron chi connectivity index (χ4n) is 1.74. The van der Waals surface area contributed by atoms with Crippen LogP contribution in [0.25, 0.3) is 0 Å². The maximum absolute atomic E-state index is 11.8. The number of hydrogen-bond donors (Lipinski definition) is 4. The van der Waals surface area contributed by atoms with E-state index in [0.29, 0.717) is 0 Å². The van der Waals surface area contributed by atoms with E-state index >= 15 is 0 Å². The fourth-order valence-corrected chi connectivity index (χ4v) is 1.74. The van der Waals surface area contributed by atoms with Gasteiger partial charge < -0.3 is 25.4 Å². The van der Waals surface area contributed by atoms with Gasteiger partial charge in [0, 0.05) is 0 Å². The quantitative estimate of drug-likeness (QED) is 0.537. The van der Waals surface area contributed by atoms with Gasteiger partial charge in [-0.1, -0.05) is 12.1 Å². The van der Waals surface area contributed by atoms with E-state index in [2.05, 4.69) is 5.32 Å². The molecule has 0 aliphatic carbocycles. The molecule has 4 N–H and O–H groups in total. The lowest BCUT2D eigenvalue weighted by Gasteiger charge is -2.28. The first-order valence-corrected chi connectivity index (χ1v) is 6.80. The minimum Gasteiger partial charge on any atom is -0.493 e. The molecule has 0 saturated carbocycles. The summed E-state index contributed by atoms with van der Waals surface area (Å²) >= 11 is 0. The van der Waals surface area contributed by atoms with E-state index < -0.39 is 31.3 Å². The van der Waals surface area contributed by atoms with Crippen molar-refractivity contribution in [1.29, 1.82) is 0 Å². The molecule has 118 valence electrons. The lowest BCUT2D eigenvalue weighted by molar-refractivity contribution is -0.125. The predicted octanol–water partition coefficient (Wildman–Crippen LogP) is -0.0958. The summed E-state index contributed by atoms with van der Waals surface area (Å²) in [7, 11) is 0. The van der Waals surface area contributed by atoms with Crippen LogP contribution in [0, 0.1) is 13.8 Å². The summed E-state index contributed by atoms with van der Waals surface area (Å²) in [6, 6.07) is 5.82. The highest BCUT2D eigenvalue weighted by Gasteiger charge is 2.29. The predicted molar refractivity (Wildman–Crippen MR) is 78.2 cm³/mol. The number of carbonyl (C=O) groups is 1. The molecule has 0 fully saturated rings. The van der Waals surface area contributed by atoms with Gasteiger partial charge in [0.2, 0.25) is 5.91 Å². The van der Waals surface area contributed by atoms with E-state index in [1.54, 1.807) is 0 Å². The van der Waals surface area contributed by atoms with Crippen LogP contribution < -0.4 is 10.1 Å². The van der Waals surface area contributed by atoms with Crippen LogP contribution in [0.5, 0.6) is 5.75 Å². The number of aryl methyl sites for hydroxylation is 2. The Morgan fingerprint density at radius 3 is 2.38 bits per heavy atom. The zero-order valence-electron chi connectivity index (χ0n) is 12.4. The summed E-state index contributed by atoms with van der Waals surface area (Å²) in [6.45, 7) is 2.44. The molecule has 6 nitrogen and oxygen atoms in total.